The number of ether oxygens (including phenoxy) is 2. The molecule has 0 aromatic heterocycles. The lowest BCUT2D eigenvalue weighted by atomic mass is 10.0. The van der Waals surface area contributed by atoms with Gasteiger partial charge in [-0.1, -0.05) is 52.0 Å². The lowest BCUT2D eigenvalue weighted by Crippen LogP contribution is -2.15. The van der Waals surface area contributed by atoms with E-state index in [1.807, 2.05) is 24.3 Å². The van der Waals surface area contributed by atoms with Crippen molar-refractivity contribution in [3.8, 4) is 0 Å². The minimum atomic E-state index is -0.348. The molecule has 0 saturated heterocycles. The number of aryl methyl sites for hydroxylation is 2. The molecule has 0 spiro atoms. The summed E-state index contributed by atoms with van der Waals surface area (Å²) in [6.07, 6.45) is 5.34. The van der Waals surface area contributed by atoms with E-state index in [1.165, 1.54) is 0 Å². The first kappa shape index (κ1) is 30.2. The van der Waals surface area contributed by atoms with Gasteiger partial charge in [-0.25, -0.2) is 9.59 Å². The number of hydrogen-bond donors (Lipinski definition) is 0. The maximum Gasteiger partial charge on any atom is 0.338 e. The number of carbonyl (C=O) groups excluding carboxylic acids is 2. The molecule has 4 nitrogen and oxygen atoms in total. The highest BCUT2D eigenvalue weighted by Gasteiger charge is 2.13. The Morgan fingerprint density at radius 1 is 0.611 bits per heavy atom. The molecular weight excluding hydrogens is 495 g/mol. The van der Waals surface area contributed by atoms with Crippen LogP contribution in [-0.4, -0.2) is 35.9 Å². The summed E-state index contributed by atoms with van der Waals surface area (Å²) >= 11 is 12.5. The molecule has 2 atom stereocenters. The highest BCUT2D eigenvalue weighted by atomic mass is 35.5. The van der Waals surface area contributed by atoms with Crippen LogP contribution in [0.2, 0.25) is 0 Å². The lowest BCUT2D eigenvalue weighted by Gasteiger charge is -2.12. The average molecular weight is 536 g/mol. The largest absolute Gasteiger partial charge is 0.461 e. The van der Waals surface area contributed by atoms with Crippen molar-refractivity contribution in [2.75, 3.05) is 13.2 Å². The molecule has 0 heterocycles. The van der Waals surface area contributed by atoms with Crippen molar-refractivity contribution in [3.63, 3.8) is 0 Å². The Balaban J connectivity index is 1.75. The summed E-state index contributed by atoms with van der Waals surface area (Å²) in [4.78, 5) is 24.6. The number of benzene rings is 2. The lowest BCUT2D eigenvalue weighted by molar-refractivity contribution is 0.0492. The molecule has 0 saturated carbocycles. The van der Waals surface area contributed by atoms with Gasteiger partial charge in [-0.05, 0) is 85.8 Å². The normalized spacial score (nSPS) is 13.0. The van der Waals surface area contributed by atoms with Crippen LogP contribution in [-0.2, 0) is 22.3 Å². The zero-order chi connectivity index (χ0) is 26.5. The molecule has 2 aromatic rings. The number of rotatable bonds is 15. The third-order valence-corrected chi connectivity index (χ3v) is 6.68. The molecule has 0 fully saturated rings. The van der Waals surface area contributed by atoms with E-state index < -0.39 is 0 Å². The summed E-state index contributed by atoms with van der Waals surface area (Å²) in [5.41, 5.74) is 3.30. The van der Waals surface area contributed by atoms with Crippen LogP contribution in [0.4, 0.5) is 0 Å². The first-order valence-corrected chi connectivity index (χ1v) is 13.8. The molecule has 198 valence electrons. The summed E-state index contributed by atoms with van der Waals surface area (Å²) in [7, 11) is 0. The molecule has 0 aliphatic carbocycles. The van der Waals surface area contributed by atoms with Crippen molar-refractivity contribution in [1.29, 1.82) is 0 Å². The molecule has 6 heteroatoms. The molecule has 36 heavy (non-hydrogen) atoms. The van der Waals surface area contributed by atoms with Gasteiger partial charge in [0.25, 0.3) is 0 Å². The number of esters is 2. The Hall–Kier alpha value is -2.04. The second-order valence-corrected chi connectivity index (χ2v) is 11.5. The topological polar surface area (TPSA) is 52.6 Å². The molecule has 0 aliphatic rings. The Morgan fingerprint density at radius 3 is 1.25 bits per heavy atom. The molecule has 0 radical (unpaired) electrons. The third-order valence-electron chi connectivity index (χ3n) is 5.99. The second-order valence-electron chi connectivity index (χ2n) is 10.2. The van der Waals surface area contributed by atoms with Gasteiger partial charge in [-0.3, -0.25) is 0 Å². The smallest absolute Gasteiger partial charge is 0.338 e. The van der Waals surface area contributed by atoms with E-state index in [1.54, 1.807) is 24.3 Å². The SMILES string of the molecule is CC(C)CC[C@@H](Cl)COC(=O)c1ccc(CCc2ccc(C(=O)OC[C@@H](Cl)CCC(C)C)cc2)cc1. The second kappa shape index (κ2) is 15.9. The van der Waals surface area contributed by atoms with Gasteiger partial charge in [0.15, 0.2) is 0 Å². The fourth-order valence-corrected chi connectivity index (χ4v) is 3.98. The molecule has 0 aliphatic heterocycles. The average Bonchev–Trinajstić information content (AvgIpc) is 2.87. The predicted molar refractivity (Wildman–Crippen MR) is 148 cm³/mol. The van der Waals surface area contributed by atoms with E-state index in [2.05, 4.69) is 27.7 Å². The highest BCUT2D eigenvalue weighted by molar-refractivity contribution is 6.21. The quantitative estimate of drug-likeness (QED) is 0.172. The van der Waals surface area contributed by atoms with Crippen LogP contribution >= 0.6 is 23.2 Å². The monoisotopic (exact) mass is 534 g/mol. The van der Waals surface area contributed by atoms with Crippen LogP contribution in [0.3, 0.4) is 0 Å². The Labute approximate surface area is 226 Å². The fraction of sp³-hybridized carbons (Fsp3) is 0.533. The summed E-state index contributed by atoms with van der Waals surface area (Å²) in [6.45, 7) is 9.05. The van der Waals surface area contributed by atoms with Crippen LogP contribution in [0.5, 0.6) is 0 Å². The van der Waals surface area contributed by atoms with Gasteiger partial charge < -0.3 is 9.47 Å². The van der Waals surface area contributed by atoms with Crippen molar-refractivity contribution < 1.29 is 19.1 Å². The van der Waals surface area contributed by atoms with Gasteiger partial charge in [0.2, 0.25) is 0 Å². The summed E-state index contributed by atoms with van der Waals surface area (Å²) in [6, 6.07) is 14.9. The Kier molecular flexibility index (Phi) is 13.4. The fourth-order valence-electron chi connectivity index (χ4n) is 3.60. The first-order chi connectivity index (χ1) is 17.1. The third kappa shape index (κ3) is 11.8. The van der Waals surface area contributed by atoms with Crippen LogP contribution in [0.25, 0.3) is 0 Å². The standard InChI is InChI=1S/C30H40Cl2O4/c1-21(2)5-17-27(31)19-35-29(33)25-13-9-23(10-14-25)7-8-24-11-15-26(16-12-24)30(34)36-20-28(32)18-6-22(3)4/h9-16,21-22,27-28H,5-8,17-20H2,1-4H3/t27-,28+. The van der Waals surface area contributed by atoms with Gasteiger partial charge in [0, 0.05) is 0 Å². The van der Waals surface area contributed by atoms with E-state index in [0.717, 1.165) is 49.7 Å². The minimum Gasteiger partial charge on any atom is -0.461 e. The van der Waals surface area contributed by atoms with Crippen molar-refractivity contribution in [3.05, 3.63) is 70.8 Å². The van der Waals surface area contributed by atoms with Crippen LogP contribution in [0, 0.1) is 11.8 Å². The van der Waals surface area contributed by atoms with E-state index >= 15 is 0 Å². The molecular formula is C30H40Cl2O4. The van der Waals surface area contributed by atoms with E-state index in [9.17, 15) is 9.59 Å². The Morgan fingerprint density at radius 2 is 0.944 bits per heavy atom. The summed E-state index contributed by atoms with van der Waals surface area (Å²) in [5, 5.41) is -0.313. The number of halogens is 2. The predicted octanol–water partition coefficient (Wildman–Crippen LogP) is 7.87. The van der Waals surface area contributed by atoms with Crippen molar-refractivity contribution in [2.45, 2.75) is 77.0 Å². The molecule has 0 bridgehead atoms. The molecule has 2 rings (SSSR count). The number of carbonyl (C=O) groups is 2. The molecule has 0 amide bonds. The van der Waals surface area contributed by atoms with Crippen molar-refractivity contribution in [1.82, 2.24) is 0 Å². The maximum absolute atomic E-state index is 12.3. The molecule has 2 aromatic carbocycles. The summed E-state index contributed by atoms with van der Waals surface area (Å²) in [5.74, 6) is 0.467. The first-order valence-electron chi connectivity index (χ1n) is 12.9. The highest BCUT2D eigenvalue weighted by Crippen LogP contribution is 2.16. The van der Waals surface area contributed by atoms with Crippen molar-refractivity contribution in [2.24, 2.45) is 11.8 Å². The summed E-state index contributed by atoms with van der Waals surface area (Å²) < 4.78 is 10.7. The van der Waals surface area contributed by atoms with Gasteiger partial charge in [-0.2, -0.15) is 0 Å². The number of hydrogen-bond acceptors (Lipinski definition) is 4. The van der Waals surface area contributed by atoms with E-state index in [-0.39, 0.29) is 35.9 Å². The van der Waals surface area contributed by atoms with Gasteiger partial charge in [0.1, 0.15) is 13.2 Å². The van der Waals surface area contributed by atoms with Crippen molar-refractivity contribution >= 4 is 35.1 Å². The minimum absolute atomic E-state index is 0.157. The zero-order valence-electron chi connectivity index (χ0n) is 22.0. The molecule has 0 unspecified atom stereocenters. The van der Waals surface area contributed by atoms with E-state index in [4.69, 9.17) is 32.7 Å². The van der Waals surface area contributed by atoms with Crippen LogP contribution in [0.15, 0.2) is 48.5 Å². The van der Waals surface area contributed by atoms with Gasteiger partial charge in [0.05, 0.1) is 21.9 Å². The maximum atomic E-state index is 12.3. The van der Waals surface area contributed by atoms with Gasteiger partial charge in [-0.15, -0.1) is 23.2 Å². The van der Waals surface area contributed by atoms with Crippen LogP contribution < -0.4 is 0 Å². The Bertz CT molecular complexity index is 845. The van der Waals surface area contributed by atoms with Crippen LogP contribution in [0.1, 0.15) is 85.2 Å². The van der Waals surface area contributed by atoms with E-state index in [0.29, 0.717) is 23.0 Å². The molecule has 0 N–H and O–H groups in total. The number of alkyl halides is 2. The zero-order valence-corrected chi connectivity index (χ0v) is 23.5. The van der Waals surface area contributed by atoms with Gasteiger partial charge >= 0.3 is 11.9 Å².